The Labute approximate surface area is 217 Å². The first-order valence-electron chi connectivity index (χ1n) is 11.9. The predicted octanol–water partition coefficient (Wildman–Crippen LogP) is 3.87. The van der Waals surface area contributed by atoms with Crippen molar-refractivity contribution < 1.29 is 9.53 Å². The molecule has 10 nitrogen and oxygen atoms in total. The summed E-state index contributed by atoms with van der Waals surface area (Å²) in [6.45, 7) is 0.304. The zero-order valence-corrected chi connectivity index (χ0v) is 20.9. The summed E-state index contributed by atoms with van der Waals surface area (Å²) in [7, 11) is 1.53. The van der Waals surface area contributed by atoms with Gasteiger partial charge in [-0.3, -0.25) is 14.3 Å². The Hall–Kier alpha value is -4.18. The van der Waals surface area contributed by atoms with Crippen LogP contribution >= 0.6 is 11.6 Å². The Morgan fingerprint density at radius 3 is 2.57 bits per heavy atom. The Morgan fingerprint density at radius 1 is 1.11 bits per heavy atom. The van der Waals surface area contributed by atoms with Gasteiger partial charge in [-0.05, 0) is 67.7 Å². The summed E-state index contributed by atoms with van der Waals surface area (Å²) in [6, 6.07) is 10.1. The lowest BCUT2D eigenvalue weighted by Gasteiger charge is -2.18. The third-order valence-corrected chi connectivity index (χ3v) is 6.41. The van der Waals surface area contributed by atoms with Gasteiger partial charge < -0.3 is 15.4 Å². The number of ether oxygens (including phenoxy) is 1. The molecule has 0 spiro atoms. The highest BCUT2D eigenvalue weighted by atomic mass is 35.5. The third kappa shape index (κ3) is 5.64. The van der Waals surface area contributed by atoms with Crippen molar-refractivity contribution in [2.24, 2.45) is 0 Å². The number of amides is 1. The number of hydrogen-bond acceptors (Lipinski definition) is 7. The van der Waals surface area contributed by atoms with Crippen LogP contribution in [-0.4, -0.2) is 32.1 Å². The third-order valence-electron chi connectivity index (χ3n) is 6.10. The second kappa shape index (κ2) is 10.4. The molecule has 2 heterocycles. The number of anilines is 2. The average molecular weight is 521 g/mol. The largest absolute Gasteiger partial charge is 0.457 e. The number of benzene rings is 1. The minimum absolute atomic E-state index is 0.0870. The molecule has 190 valence electrons. The lowest BCUT2D eigenvalue weighted by atomic mass is 10.1. The normalized spacial score (nSPS) is 15.0. The first-order valence-corrected chi connectivity index (χ1v) is 12.3. The van der Waals surface area contributed by atoms with Gasteiger partial charge >= 0.3 is 11.4 Å². The van der Waals surface area contributed by atoms with E-state index in [1.54, 1.807) is 36.4 Å². The summed E-state index contributed by atoms with van der Waals surface area (Å²) < 4.78 is 8.59. The maximum atomic E-state index is 13.3. The van der Waals surface area contributed by atoms with E-state index < -0.39 is 5.69 Å². The predicted molar refractivity (Wildman–Crippen MR) is 140 cm³/mol. The molecule has 0 atom stereocenters. The topological polar surface area (TPSA) is 120 Å². The van der Waals surface area contributed by atoms with Crippen LogP contribution in [-0.2, 0) is 6.54 Å². The Morgan fingerprint density at radius 2 is 1.89 bits per heavy atom. The van der Waals surface area contributed by atoms with Gasteiger partial charge in [0.05, 0.1) is 6.54 Å². The summed E-state index contributed by atoms with van der Waals surface area (Å²) in [6.07, 6.45) is 8.28. The maximum Gasteiger partial charge on any atom is 0.355 e. The van der Waals surface area contributed by atoms with Gasteiger partial charge in [-0.1, -0.05) is 17.7 Å². The van der Waals surface area contributed by atoms with Crippen molar-refractivity contribution in [2.45, 2.75) is 38.3 Å². The van der Waals surface area contributed by atoms with Crippen LogP contribution in [0.5, 0.6) is 11.5 Å². The second-order valence-electron chi connectivity index (χ2n) is 8.83. The molecule has 1 aromatic carbocycles. The molecule has 0 radical (unpaired) electrons. The van der Waals surface area contributed by atoms with Gasteiger partial charge in [0, 0.05) is 36.1 Å². The summed E-state index contributed by atoms with van der Waals surface area (Å²) in [5.74, 6) is 0.857. The van der Waals surface area contributed by atoms with Crippen LogP contribution in [0.15, 0.2) is 74.9 Å². The molecule has 1 amide bonds. The van der Waals surface area contributed by atoms with Crippen LogP contribution in [0.25, 0.3) is 0 Å². The maximum absolute atomic E-state index is 13.3. The number of nitrogens with zero attached hydrogens (tertiary/aromatic N) is 4. The summed E-state index contributed by atoms with van der Waals surface area (Å²) in [5, 5.41) is 6.41. The van der Waals surface area contributed by atoms with E-state index in [2.05, 4.69) is 20.6 Å². The average Bonchev–Trinajstić information content (AvgIpc) is 3.73. The molecule has 0 bridgehead atoms. The van der Waals surface area contributed by atoms with Crippen molar-refractivity contribution in [1.82, 2.24) is 24.4 Å². The number of hydrogen-bond donors (Lipinski definition) is 2. The van der Waals surface area contributed by atoms with E-state index in [4.69, 9.17) is 16.3 Å². The molecule has 11 heteroatoms. The monoisotopic (exact) mass is 520 g/mol. The van der Waals surface area contributed by atoms with E-state index >= 15 is 0 Å². The fraction of sp³-hybridized carbons (Fsp3) is 0.269. The molecule has 37 heavy (non-hydrogen) atoms. The molecule has 0 aliphatic heterocycles. The van der Waals surface area contributed by atoms with E-state index in [0.717, 1.165) is 29.9 Å². The standard InChI is InChI=1S/C26H25ClN6O4/c1-28-23(34)22-14-21(12-13-29-22)37-20-10-6-18(7-11-20)30-24-31-25(35)33(19-8-9-19)26(36)32(24)15-16-2-4-17(27)5-3-16/h2,4,6-7,10-14,19H,3,5,8-9,15H2,1H3,(H,28,34)(H,30,31,35). The number of carbonyl (C=O) groups is 1. The molecule has 3 aromatic rings. The van der Waals surface area contributed by atoms with E-state index in [1.807, 2.05) is 12.2 Å². The molecular formula is C26H25ClN6O4. The highest BCUT2D eigenvalue weighted by Gasteiger charge is 2.29. The molecule has 1 saturated carbocycles. The molecule has 2 aromatic heterocycles. The van der Waals surface area contributed by atoms with E-state index in [1.165, 1.54) is 22.4 Å². The van der Waals surface area contributed by atoms with Crippen LogP contribution < -0.4 is 26.7 Å². The van der Waals surface area contributed by atoms with E-state index in [-0.39, 0.29) is 29.3 Å². The van der Waals surface area contributed by atoms with Gasteiger partial charge in [-0.15, -0.1) is 0 Å². The van der Waals surface area contributed by atoms with Gasteiger partial charge in [0.2, 0.25) is 5.95 Å². The number of aromatic nitrogens is 4. The zero-order chi connectivity index (χ0) is 25.9. The molecule has 2 N–H and O–H groups in total. The number of carbonyl (C=O) groups excluding carboxylic acids is 1. The Kier molecular flexibility index (Phi) is 6.91. The fourth-order valence-corrected chi connectivity index (χ4v) is 4.14. The van der Waals surface area contributed by atoms with Crippen molar-refractivity contribution in [3.63, 3.8) is 0 Å². The Balaban J connectivity index is 1.39. The van der Waals surface area contributed by atoms with Crippen molar-refractivity contribution in [3.05, 3.63) is 92.0 Å². The number of nitrogens with one attached hydrogen (secondary N) is 2. The molecule has 5 rings (SSSR count). The van der Waals surface area contributed by atoms with Gasteiger partial charge in [0.25, 0.3) is 5.91 Å². The van der Waals surface area contributed by atoms with Gasteiger partial charge in [0.15, 0.2) is 0 Å². The van der Waals surface area contributed by atoms with Crippen LogP contribution in [0.1, 0.15) is 42.2 Å². The zero-order valence-electron chi connectivity index (χ0n) is 20.1. The molecule has 2 aliphatic carbocycles. The first-order chi connectivity index (χ1) is 17.9. The molecule has 2 aliphatic rings. The lowest BCUT2D eigenvalue weighted by molar-refractivity contribution is 0.0958. The number of allylic oxidation sites excluding steroid dienone is 4. The smallest absolute Gasteiger partial charge is 0.355 e. The highest BCUT2D eigenvalue weighted by molar-refractivity contribution is 6.29. The molecule has 0 unspecified atom stereocenters. The highest BCUT2D eigenvalue weighted by Crippen LogP contribution is 2.32. The van der Waals surface area contributed by atoms with Crippen LogP contribution in [0.3, 0.4) is 0 Å². The minimum atomic E-state index is -0.559. The molecule has 1 fully saturated rings. The van der Waals surface area contributed by atoms with E-state index in [9.17, 15) is 14.4 Å². The van der Waals surface area contributed by atoms with Crippen LogP contribution in [0.4, 0.5) is 11.6 Å². The fourth-order valence-electron chi connectivity index (χ4n) is 3.98. The van der Waals surface area contributed by atoms with Crippen LogP contribution in [0.2, 0.25) is 0 Å². The quantitative estimate of drug-likeness (QED) is 0.462. The van der Waals surface area contributed by atoms with Crippen molar-refractivity contribution >= 4 is 29.1 Å². The van der Waals surface area contributed by atoms with E-state index in [0.29, 0.717) is 30.2 Å². The Bertz CT molecular complexity index is 1520. The van der Waals surface area contributed by atoms with Crippen molar-refractivity contribution in [3.8, 4) is 11.5 Å². The van der Waals surface area contributed by atoms with Crippen molar-refractivity contribution in [2.75, 3.05) is 12.4 Å². The van der Waals surface area contributed by atoms with Gasteiger partial charge in [0.1, 0.15) is 17.2 Å². The molecule has 0 saturated heterocycles. The van der Waals surface area contributed by atoms with Crippen LogP contribution in [0, 0.1) is 0 Å². The SMILES string of the molecule is CNC(=O)c1cc(Oc2ccc(Nc3nc(=O)n(C4CC4)c(=O)n3CC3=CC=C(Cl)CC3)cc2)ccn1. The number of halogens is 1. The molecular weight excluding hydrogens is 496 g/mol. The number of pyridine rings is 1. The van der Waals surface area contributed by atoms with Crippen molar-refractivity contribution in [1.29, 1.82) is 0 Å². The number of rotatable bonds is 8. The van der Waals surface area contributed by atoms with Gasteiger partial charge in [-0.2, -0.15) is 4.98 Å². The van der Waals surface area contributed by atoms with Gasteiger partial charge in [-0.25, -0.2) is 14.2 Å². The second-order valence-corrected chi connectivity index (χ2v) is 9.32. The lowest BCUT2D eigenvalue weighted by Crippen LogP contribution is -2.42. The minimum Gasteiger partial charge on any atom is -0.457 e. The summed E-state index contributed by atoms with van der Waals surface area (Å²) >= 11 is 6.09. The summed E-state index contributed by atoms with van der Waals surface area (Å²) in [4.78, 5) is 46.0. The first kappa shape index (κ1) is 24.5. The summed E-state index contributed by atoms with van der Waals surface area (Å²) in [5.41, 5.74) is 0.953.